The molecule has 0 aliphatic heterocycles. The van der Waals surface area contributed by atoms with Crippen LogP contribution in [0, 0.1) is 0 Å². The molecular formula is C6H7N3O2. The van der Waals surface area contributed by atoms with Gasteiger partial charge in [-0.05, 0) is 6.07 Å². The highest BCUT2D eigenvalue weighted by Crippen LogP contribution is 1.79. The molecule has 58 valence electrons. The van der Waals surface area contributed by atoms with Gasteiger partial charge in [-0.25, -0.2) is 15.2 Å². The summed E-state index contributed by atoms with van der Waals surface area (Å²) in [6, 6.07) is 3.74. The molecule has 0 spiro atoms. The molecule has 0 atom stereocenters. The summed E-state index contributed by atoms with van der Waals surface area (Å²) in [5.74, 6) is 4.81. The molecule has 0 aromatic carbocycles. The van der Waals surface area contributed by atoms with Gasteiger partial charge in [0.15, 0.2) is 0 Å². The number of nitrogens with one attached hydrogen (secondary N) is 1. The number of carbonyl (C=O) groups excluding carboxylic acids is 1. The van der Waals surface area contributed by atoms with Gasteiger partial charge in [0.05, 0.1) is 0 Å². The van der Waals surface area contributed by atoms with Crippen LogP contribution in [0.15, 0.2) is 29.2 Å². The average Bonchev–Trinajstić information content (AvgIpc) is 2.04. The van der Waals surface area contributed by atoms with Gasteiger partial charge in [0.25, 0.3) is 5.56 Å². The van der Waals surface area contributed by atoms with Gasteiger partial charge in [-0.1, -0.05) is 6.07 Å². The van der Waals surface area contributed by atoms with Crippen LogP contribution in [0.2, 0.25) is 0 Å². The zero-order chi connectivity index (χ0) is 8.27. The number of rotatable bonds is 0. The molecule has 1 aromatic heterocycles. The first-order valence-electron chi connectivity index (χ1n) is 2.94. The molecule has 1 rings (SSSR count). The predicted molar refractivity (Wildman–Crippen MR) is 38.8 cm³/mol. The highest BCUT2D eigenvalue weighted by molar-refractivity contribution is 5.75. The fourth-order valence-electron chi connectivity index (χ4n) is 0.665. The van der Waals surface area contributed by atoms with Gasteiger partial charge in [0.2, 0.25) is 0 Å². The van der Waals surface area contributed by atoms with Crippen molar-refractivity contribution in [3.05, 3.63) is 34.7 Å². The Kier molecular flexibility index (Phi) is 2.03. The van der Waals surface area contributed by atoms with Crippen molar-refractivity contribution in [3.8, 4) is 0 Å². The van der Waals surface area contributed by atoms with E-state index in [0.29, 0.717) is 0 Å². The average molecular weight is 153 g/mol. The molecule has 3 N–H and O–H groups in total. The van der Waals surface area contributed by atoms with Gasteiger partial charge < -0.3 is 0 Å². The lowest BCUT2D eigenvalue weighted by Gasteiger charge is -1.99. The maximum absolute atomic E-state index is 10.9. The quantitative estimate of drug-likeness (QED) is 0.293. The summed E-state index contributed by atoms with van der Waals surface area (Å²) >= 11 is 0. The molecule has 5 nitrogen and oxygen atoms in total. The normalized spacial score (nSPS) is 9.18. The second kappa shape index (κ2) is 2.98. The van der Waals surface area contributed by atoms with Crippen LogP contribution in [0.5, 0.6) is 0 Å². The number of nitrogens with two attached hydrogens (primary N) is 1. The maximum atomic E-state index is 10.9. The minimum Gasteiger partial charge on any atom is -0.275 e. The first-order chi connectivity index (χ1) is 5.25. The number of hydrogen-bond acceptors (Lipinski definition) is 3. The fourth-order valence-corrected chi connectivity index (χ4v) is 0.665. The Morgan fingerprint density at radius 1 is 1.55 bits per heavy atom. The smallest absolute Gasteiger partial charge is 0.275 e. The van der Waals surface area contributed by atoms with Crippen molar-refractivity contribution >= 4 is 6.03 Å². The summed E-state index contributed by atoms with van der Waals surface area (Å²) in [4.78, 5) is 21.6. The summed E-state index contributed by atoms with van der Waals surface area (Å²) in [7, 11) is 0. The number of nitrogen functional groups attached to an aromatic ring is 1. The number of hydrogen-bond donors (Lipinski definition) is 2. The van der Waals surface area contributed by atoms with Crippen molar-refractivity contribution in [1.82, 2.24) is 9.99 Å². The molecule has 0 bridgehead atoms. The Balaban J connectivity index is 3.14. The van der Waals surface area contributed by atoms with Crippen LogP contribution >= 0.6 is 0 Å². The lowest BCUT2D eigenvalue weighted by Crippen LogP contribution is -2.39. The molecule has 0 unspecified atom stereocenters. The zero-order valence-electron chi connectivity index (χ0n) is 5.65. The van der Waals surface area contributed by atoms with Crippen LogP contribution in [-0.4, -0.2) is 10.6 Å². The molecule has 11 heavy (non-hydrogen) atoms. The van der Waals surface area contributed by atoms with Crippen LogP contribution in [0.3, 0.4) is 0 Å². The maximum Gasteiger partial charge on any atom is 0.342 e. The third kappa shape index (κ3) is 1.44. The van der Waals surface area contributed by atoms with Crippen molar-refractivity contribution in [2.24, 2.45) is 5.84 Å². The van der Waals surface area contributed by atoms with Crippen LogP contribution in [0.1, 0.15) is 0 Å². The topological polar surface area (TPSA) is 77.1 Å². The lowest BCUT2D eigenvalue weighted by atomic mass is 10.5. The molecule has 0 fully saturated rings. The van der Waals surface area contributed by atoms with Gasteiger partial charge in [0, 0.05) is 12.3 Å². The van der Waals surface area contributed by atoms with Crippen molar-refractivity contribution in [2.45, 2.75) is 0 Å². The third-order valence-corrected chi connectivity index (χ3v) is 1.16. The van der Waals surface area contributed by atoms with E-state index < -0.39 is 11.6 Å². The largest absolute Gasteiger partial charge is 0.342 e. The number of hydrazine groups is 1. The number of aromatic nitrogens is 1. The summed E-state index contributed by atoms with van der Waals surface area (Å²) in [6.07, 6.45) is 1.34. The van der Waals surface area contributed by atoms with Crippen LogP contribution in [-0.2, 0) is 0 Å². The van der Waals surface area contributed by atoms with Gasteiger partial charge in [-0.2, -0.15) is 0 Å². The van der Waals surface area contributed by atoms with E-state index in [-0.39, 0.29) is 0 Å². The number of pyridine rings is 1. The first-order valence-corrected chi connectivity index (χ1v) is 2.94. The zero-order valence-corrected chi connectivity index (χ0v) is 5.65. The predicted octanol–water partition coefficient (Wildman–Crippen LogP) is -0.720. The van der Waals surface area contributed by atoms with Gasteiger partial charge in [-0.15, -0.1) is 0 Å². The van der Waals surface area contributed by atoms with Crippen LogP contribution in [0.25, 0.3) is 0 Å². The fraction of sp³-hybridized carbons (Fsp3) is 0. The summed E-state index contributed by atoms with van der Waals surface area (Å²) in [6.45, 7) is 0. The lowest BCUT2D eigenvalue weighted by molar-refractivity contribution is 0.242. The van der Waals surface area contributed by atoms with E-state index in [2.05, 4.69) is 0 Å². The molecule has 0 saturated heterocycles. The van der Waals surface area contributed by atoms with E-state index in [4.69, 9.17) is 5.84 Å². The number of carbonyl (C=O) groups is 1. The number of amides is 1. The van der Waals surface area contributed by atoms with Crippen molar-refractivity contribution < 1.29 is 4.79 Å². The van der Waals surface area contributed by atoms with E-state index >= 15 is 0 Å². The van der Waals surface area contributed by atoms with E-state index in [9.17, 15) is 9.59 Å². The van der Waals surface area contributed by atoms with Crippen LogP contribution in [0.4, 0.5) is 4.79 Å². The van der Waals surface area contributed by atoms with Gasteiger partial charge in [0.1, 0.15) is 0 Å². The van der Waals surface area contributed by atoms with E-state index in [0.717, 1.165) is 4.57 Å². The Morgan fingerprint density at radius 3 is 2.82 bits per heavy atom. The van der Waals surface area contributed by atoms with Gasteiger partial charge in [-0.3, -0.25) is 10.2 Å². The third-order valence-electron chi connectivity index (χ3n) is 1.16. The molecule has 5 heteroatoms. The second-order valence-corrected chi connectivity index (χ2v) is 1.86. The summed E-state index contributed by atoms with van der Waals surface area (Å²) < 4.78 is 0.875. The Bertz CT molecular complexity index is 318. The van der Waals surface area contributed by atoms with Gasteiger partial charge >= 0.3 is 6.03 Å². The monoisotopic (exact) mass is 153 g/mol. The van der Waals surface area contributed by atoms with E-state index in [1.54, 1.807) is 12.1 Å². The highest BCUT2D eigenvalue weighted by Gasteiger charge is 2.00. The summed E-state index contributed by atoms with van der Waals surface area (Å²) in [5, 5.41) is 0. The second-order valence-electron chi connectivity index (χ2n) is 1.86. The standard InChI is InChI=1S/C6H7N3O2/c7-8-6(11)9-4-2-1-3-5(9)10/h1-4H,7H2,(H,8,11). The summed E-state index contributed by atoms with van der Waals surface area (Å²) in [5.41, 5.74) is 1.44. The highest BCUT2D eigenvalue weighted by atomic mass is 16.2. The molecule has 0 saturated carbocycles. The molecule has 0 aliphatic carbocycles. The Morgan fingerprint density at radius 2 is 2.27 bits per heavy atom. The minimum absolute atomic E-state index is 0.407. The Hall–Kier alpha value is -1.62. The van der Waals surface area contributed by atoms with Crippen molar-refractivity contribution in [3.63, 3.8) is 0 Å². The molecule has 0 aliphatic rings. The minimum atomic E-state index is -0.643. The number of nitrogens with zero attached hydrogens (tertiary/aromatic N) is 1. The molecular weight excluding hydrogens is 146 g/mol. The van der Waals surface area contributed by atoms with E-state index in [1.807, 2.05) is 5.43 Å². The molecule has 1 amide bonds. The molecule has 1 aromatic rings. The molecule has 1 heterocycles. The van der Waals surface area contributed by atoms with Crippen LogP contribution < -0.4 is 16.8 Å². The van der Waals surface area contributed by atoms with E-state index in [1.165, 1.54) is 12.3 Å². The van der Waals surface area contributed by atoms with Crippen molar-refractivity contribution in [1.29, 1.82) is 0 Å². The first kappa shape index (κ1) is 7.49. The molecule has 0 radical (unpaired) electrons. The SMILES string of the molecule is NNC(=O)n1ccccc1=O. The Labute approximate surface area is 62.4 Å². The van der Waals surface area contributed by atoms with Crippen molar-refractivity contribution in [2.75, 3.05) is 0 Å².